The summed E-state index contributed by atoms with van der Waals surface area (Å²) in [5.74, 6) is -0.302. The van der Waals surface area contributed by atoms with Crippen LogP contribution in [0.5, 0.6) is 0 Å². The first kappa shape index (κ1) is 8.52. The molecule has 0 N–H and O–H groups in total. The molecule has 0 aliphatic carbocycles. The molecule has 0 unspecified atom stereocenters. The van der Waals surface area contributed by atoms with Gasteiger partial charge in [-0.1, -0.05) is 11.7 Å². The third-order valence-electron chi connectivity index (χ3n) is 0.551. The Hall–Kier alpha value is -1.48. The Morgan fingerprint density at radius 2 is 2.50 bits per heavy atom. The molecule has 0 amide bonds. The Kier molecular flexibility index (Phi) is 3.75. The highest BCUT2D eigenvalue weighted by molar-refractivity contribution is 5.72. The number of azide groups is 1. The molecule has 0 aliphatic rings. The van der Waals surface area contributed by atoms with Crippen LogP contribution < -0.4 is 0 Å². The molecule has 0 bridgehead atoms. The molecule has 5 nitrogen and oxygen atoms in total. The van der Waals surface area contributed by atoms with Crippen LogP contribution in [-0.4, -0.2) is 12.5 Å². The molecule has 0 fully saturated rings. The van der Waals surface area contributed by atoms with Gasteiger partial charge < -0.3 is 4.74 Å². The highest BCUT2D eigenvalue weighted by Gasteiger charge is 1.98. The first-order valence-electron chi connectivity index (χ1n) is 2.54. The maximum absolute atomic E-state index is 10.5. The summed E-state index contributed by atoms with van der Waals surface area (Å²) >= 11 is 0. The van der Waals surface area contributed by atoms with E-state index in [0.29, 0.717) is 0 Å². The quantitative estimate of drug-likeness (QED) is 0.196. The molecular weight excluding hydrogens is 134 g/mol. The molecule has 0 saturated carbocycles. The Bertz CT molecular complexity index is 187. The molecule has 0 atom stereocenters. The summed E-state index contributed by atoms with van der Waals surface area (Å²) in [6.07, 6.45) is 0. The van der Waals surface area contributed by atoms with Gasteiger partial charge in [-0.25, -0.2) is 0 Å². The van der Waals surface area contributed by atoms with Gasteiger partial charge in [-0.3, -0.25) is 4.79 Å². The average Bonchev–Trinajstić information content (AvgIpc) is 1.82. The van der Waals surface area contributed by atoms with Crippen LogP contribution >= 0.6 is 0 Å². The van der Waals surface area contributed by atoms with Crippen molar-refractivity contribution in [1.82, 2.24) is 0 Å². The topological polar surface area (TPSA) is 75.1 Å². The largest absolute Gasteiger partial charge is 0.432 e. The van der Waals surface area contributed by atoms with E-state index in [0.717, 1.165) is 0 Å². The van der Waals surface area contributed by atoms with Crippen LogP contribution in [0.4, 0.5) is 0 Å². The van der Waals surface area contributed by atoms with Gasteiger partial charge in [0.2, 0.25) is 0 Å². The van der Waals surface area contributed by atoms with E-state index in [4.69, 9.17) is 5.53 Å². The van der Waals surface area contributed by atoms with Crippen LogP contribution in [-0.2, 0) is 9.53 Å². The smallest absolute Gasteiger partial charge is 0.316 e. The molecule has 0 aromatic carbocycles. The number of esters is 1. The maximum atomic E-state index is 10.5. The zero-order valence-electron chi connectivity index (χ0n) is 5.57. The van der Waals surface area contributed by atoms with Crippen molar-refractivity contribution in [2.24, 2.45) is 5.11 Å². The van der Waals surface area contributed by atoms with Crippen molar-refractivity contribution in [2.45, 2.75) is 6.92 Å². The van der Waals surface area contributed by atoms with Gasteiger partial charge in [0.05, 0.1) is 5.76 Å². The number of carbonyl (C=O) groups excluding carboxylic acids is 1. The first-order valence-corrected chi connectivity index (χ1v) is 2.54. The summed E-state index contributed by atoms with van der Waals surface area (Å²) in [7, 11) is 0. The van der Waals surface area contributed by atoms with E-state index in [2.05, 4.69) is 21.3 Å². The van der Waals surface area contributed by atoms with Crippen molar-refractivity contribution in [1.29, 1.82) is 0 Å². The molecule has 0 saturated heterocycles. The molecule has 0 aromatic rings. The Balaban J connectivity index is 3.64. The second-order valence-electron chi connectivity index (χ2n) is 1.57. The minimum atomic E-state index is -0.592. The fourth-order valence-electron chi connectivity index (χ4n) is 0.316. The third kappa shape index (κ3) is 4.67. The summed E-state index contributed by atoms with van der Waals surface area (Å²) in [6, 6.07) is 0. The summed E-state index contributed by atoms with van der Waals surface area (Å²) in [6.45, 7) is 4.57. The summed E-state index contributed by atoms with van der Waals surface area (Å²) in [5, 5.41) is 2.99. The molecule has 0 aliphatic heterocycles. The zero-order valence-corrected chi connectivity index (χ0v) is 5.57. The Morgan fingerprint density at radius 3 is 2.90 bits per heavy atom. The molecule has 0 spiro atoms. The van der Waals surface area contributed by atoms with Crippen molar-refractivity contribution in [3.05, 3.63) is 22.8 Å². The lowest BCUT2D eigenvalue weighted by Crippen LogP contribution is -2.05. The Labute approximate surface area is 57.9 Å². The molecule has 0 radical (unpaired) electrons. The van der Waals surface area contributed by atoms with Crippen LogP contribution in [0.15, 0.2) is 17.5 Å². The molecule has 0 aromatic heterocycles. The summed E-state index contributed by atoms with van der Waals surface area (Å²) < 4.78 is 4.45. The van der Waals surface area contributed by atoms with Gasteiger partial charge >= 0.3 is 5.97 Å². The van der Waals surface area contributed by atoms with Crippen LogP contribution in [0.1, 0.15) is 6.92 Å². The van der Waals surface area contributed by atoms with Crippen molar-refractivity contribution >= 4 is 5.97 Å². The van der Waals surface area contributed by atoms with Gasteiger partial charge in [0.1, 0.15) is 6.54 Å². The lowest BCUT2D eigenvalue weighted by Gasteiger charge is -1.97. The van der Waals surface area contributed by atoms with Gasteiger partial charge in [-0.2, -0.15) is 0 Å². The van der Waals surface area contributed by atoms with Gasteiger partial charge in [0, 0.05) is 4.91 Å². The molecule has 5 heteroatoms. The number of rotatable bonds is 3. The maximum Gasteiger partial charge on any atom is 0.316 e. The van der Waals surface area contributed by atoms with E-state index in [-0.39, 0.29) is 12.3 Å². The van der Waals surface area contributed by atoms with Gasteiger partial charge in [-0.05, 0) is 12.5 Å². The number of carbonyl (C=O) groups is 1. The van der Waals surface area contributed by atoms with Crippen LogP contribution in [0, 0.1) is 0 Å². The first-order chi connectivity index (χ1) is 4.66. The number of nitrogens with zero attached hydrogens (tertiary/aromatic N) is 3. The van der Waals surface area contributed by atoms with Crippen molar-refractivity contribution in [2.75, 3.05) is 6.54 Å². The van der Waals surface area contributed by atoms with Gasteiger partial charge in [0.15, 0.2) is 0 Å². The van der Waals surface area contributed by atoms with Crippen molar-refractivity contribution < 1.29 is 9.53 Å². The molecule has 10 heavy (non-hydrogen) atoms. The van der Waals surface area contributed by atoms with Gasteiger partial charge in [-0.15, -0.1) is 0 Å². The van der Waals surface area contributed by atoms with Gasteiger partial charge in [0.25, 0.3) is 0 Å². The highest BCUT2D eigenvalue weighted by Crippen LogP contribution is 1.90. The number of ether oxygens (including phenoxy) is 1. The SMILES string of the molecule is C=C(C)OC(=O)CN=[N+]=[N-]. The molecule has 54 valence electrons. The standard InChI is InChI=1S/C5H7N3O2/c1-4(2)10-5(9)3-7-8-6/h1,3H2,2H3. The predicted molar refractivity (Wildman–Crippen MR) is 34.9 cm³/mol. The van der Waals surface area contributed by atoms with E-state index in [9.17, 15) is 4.79 Å². The lowest BCUT2D eigenvalue weighted by atomic mass is 10.6. The molecule has 0 heterocycles. The third-order valence-corrected chi connectivity index (χ3v) is 0.551. The van der Waals surface area contributed by atoms with Crippen LogP contribution in [0.3, 0.4) is 0 Å². The minimum Gasteiger partial charge on any atom is -0.432 e. The van der Waals surface area contributed by atoms with Crippen molar-refractivity contribution in [3.63, 3.8) is 0 Å². The van der Waals surface area contributed by atoms with Crippen LogP contribution in [0.25, 0.3) is 10.4 Å². The van der Waals surface area contributed by atoms with E-state index in [1.807, 2.05) is 0 Å². The summed E-state index contributed by atoms with van der Waals surface area (Å²) in [5.41, 5.74) is 7.78. The monoisotopic (exact) mass is 141 g/mol. The van der Waals surface area contributed by atoms with E-state index >= 15 is 0 Å². The molecular formula is C5H7N3O2. The predicted octanol–water partition coefficient (Wildman–Crippen LogP) is 1.37. The second kappa shape index (κ2) is 4.40. The fourth-order valence-corrected chi connectivity index (χ4v) is 0.316. The molecule has 0 rings (SSSR count). The van der Waals surface area contributed by atoms with Crippen molar-refractivity contribution in [3.8, 4) is 0 Å². The highest BCUT2D eigenvalue weighted by atomic mass is 16.5. The summed E-state index contributed by atoms with van der Waals surface area (Å²) in [4.78, 5) is 12.8. The number of hydrogen-bond donors (Lipinski definition) is 0. The van der Waals surface area contributed by atoms with E-state index in [1.165, 1.54) is 6.92 Å². The Morgan fingerprint density at radius 1 is 1.90 bits per heavy atom. The fraction of sp³-hybridized carbons (Fsp3) is 0.400. The lowest BCUT2D eigenvalue weighted by molar-refractivity contribution is -0.137. The number of hydrogen-bond acceptors (Lipinski definition) is 3. The average molecular weight is 141 g/mol. The second-order valence-corrected chi connectivity index (χ2v) is 1.57. The zero-order chi connectivity index (χ0) is 7.98. The van der Waals surface area contributed by atoms with E-state index < -0.39 is 5.97 Å². The van der Waals surface area contributed by atoms with Crippen LogP contribution in [0.2, 0.25) is 0 Å². The normalized spacial score (nSPS) is 7.70. The number of allylic oxidation sites excluding steroid dienone is 1. The minimum absolute atomic E-state index is 0.288. The van der Waals surface area contributed by atoms with E-state index in [1.54, 1.807) is 0 Å².